The maximum absolute atomic E-state index is 14.0. The van der Waals surface area contributed by atoms with Gasteiger partial charge in [0.15, 0.2) is 0 Å². The van der Waals surface area contributed by atoms with E-state index < -0.39 is 40.0 Å². The van der Waals surface area contributed by atoms with E-state index >= 15 is 0 Å². The van der Waals surface area contributed by atoms with E-state index in [1.54, 1.807) is 55.5 Å². The average molecular weight is 625 g/mol. The predicted octanol–water partition coefficient (Wildman–Crippen LogP) is 6.48. The Morgan fingerprint density at radius 1 is 0.925 bits per heavy atom. The lowest BCUT2D eigenvalue weighted by molar-refractivity contribution is -0.140. The van der Waals surface area contributed by atoms with Crippen LogP contribution in [0.3, 0.4) is 0 Å². The fourth-order valence-electron chi connectivity index (χ4n) is 3.89. The molecule has 0 spiro atoms. The molecule has 11 heteroatoms. The van der Waals surface area contributed by atoms with Crippen LogP contribution in [0.25, 0.3) is 0 Å². The number of hydrogen-bond acceptors (Lipinski definition) is 4. The molecule has 0 aliphatic heterocycles. The van der Waals surface area contributed by atoms with Crippen LogP contribution in [-0.2, 0) is 26.2 Å². The highest BCUT2D eigenvalue weighted by Crippen LogP contribution is 2.28. The maximum atomic E-state index is 14.0. The minimum absolute atomic E-state index is 0.0108. The molecule has 0 heterocycles. The van der Waals surface area contributed by atoms with Crippen LogP contribution in [0.4, 0.5) is 5.69 Å². The number of nitrogens with zero attached hydrogens (tertiary/aromatic N) is 2. The first-order valence-corrected chi connectivity index (χ1v) is 15.1. The summed E-state index contributed by atoms with van der Waals surface area (Å²) in [6.45, 7) is 8.27. The van der Waals surface area contributed by atoms with Crippen molar-refractivity contribution in [1.29, 1.82) is 0 Å². The number of amides is 2. The molecule has 3 rings (SSSR count). The fourth-order valence-corrected chi connectivity index (χ4v) is 5.95. The predicted molar refractivity (Wildman–Crippen MR) is 162 cm³/mol. The fraction of sp³-hybridized carbons (Fsp3) is 0.310. The number of halogens is 3. The van der Waals surface area contributed by atoms with E-state index in [1.807, 2.05) is 27.7 Å². The molecule has 0 aliphatic rings. The van der Waals surface area contributed by atoms with E-state index in [9.17, 15) is 18.0 Å². The summed E-state index contributed by atoms with van der Waals surface area (Å²) >= 11 is 18.7. The summed E-state index contributed by atoms with van der Waals surface area (Å²) in [6.07, 6.45) is 0. The Morgan fingerprint density at radius 3 is 2.12 bits per heavy atom. The van der Waals surface area contributed by atoms with Crippen molar-refractivity contribution in [3.05, 3.63) is 92.9 Å². The van der Waals surface area contributed by atoms with Gasteiger partial charge in [-0.3, -0.25) is 13.9 Å². The number of carbonyl (C=O) groups is 2. The monoisotopic (exact) mass is 623 g/mol. The van der Waals surface area contributed by atoms with Crippen LogP contribution in [0.2, 0.25) is 15.1 Å². The van der Waals surface area contributed by atoms with Crippen LogP contribution in [0.1, 0.15) is 38.8 Å². The molecule has 0 saturated carbocycles. The van der Waals surface area contributed by atoms with Gasteiger partial charge in [-0.25, -0.2) is 8.42 Å². The first kappa shape index (κ1) is 31.7. The van der Waals surface area contributed by atoms with Gasteiger partial charge in [0.25, 0.3) is 10.0 Å². The van der Waals surface area contributed by atoms with Gasteiger partial charge in [0.2, 0.25) is 11.8 Å². The number of hydrogen-bond donors (Lipinski definition) is 1. The Morgan fingerprint density at radius 2 is 1.55 bits per heavy atom. The van der Waals surface area contributed by atoms with E-state index in [2.05, 4.69) is 5.32 Å². The number of nitrogens with one attached hydrogen (secondary N) is 1. The van der Waals surface area contributed by atoms with Crippen LogP contribution in [-0.4, -0.2) is 43.3 Å². The molecule has 0 radical (unpaired) electrons. The molecule has 0 bridgehead atoms. The summed E-state index contributed by atoms with van der Waals surface area (Å²) in [6, 6.07) is 16.4. The van der Waals surface area contributed by atoms with Crippen molar-refractivity contribution >= 4 is 62.3 Å². The maximum Gasteiger partial charge on any atom is 0.264 e. The number of carbonyl (C=O) groups excluding carboxylic acids is 2. The summed E-state index contributed by atoms with van der Waals surface area (Å²) in [5.41, 5.74) is 1.08. The Labute approximate surface area is 251 Å². The molecular weight excluding hydrogens is 593 g/mol. The molecule has 40 heavy (non-hydrogen) atoms. The van der Waals surface area contributed by atoms with Crippen LogP contribution >= 0.6 is 34.8 Å². The van der Waals surface area contributed by atoms with Crippen LogP contribution in [0.5, 0.6) is 0 Å². The van der Waals surface area contributed by atoms with Gasteiger partial charge in [0.05, 0.1) is 10.6 Å². The van der Waals surface area contributed by atoms with Crippen molar-refractivity contribution in [3.63, 3.8) is 0 Å². The van der Waals surface area contributed by atoms with Gasteiger partial charge in [-0.05, 0) is 82.6 Å². The zero-order valence-electron chi connectivity index (χ0n) is 22.9. The van der Waals surface area contributed by atoms with Crippen molar-refractivity contribution in [3.8, 4) is 0 Å². The molecule has 0 aliphatic carbocycles. The van der Waals surface area contributed by atoms with E-state index in [1.165, 1.54) is 23.1 Å². The molecular formula is C29H32Cl3N3O4S. The minimum atomic E-state index is -4.19. The van der Waals surface area contributed by atoms with Gasteiger partial charge in [0.1, 0.15) is 12.6 Å². The Balaban J connectivity index is 2.06. The van der Waals surface area contributed by atoms with Gasteiger partial charge in [-0.2, -0.15) is 0 Å². The molecule has 0 saturated heterocycles. The summed E-state index contributed by atoms with van der Waals surface area (Å²) in [5, 5.41) is 3.91. The Bertz CT molecular complexity index is 1490. The quantitative estimate of drug-likeness (QED) is 0.295. The van der Waals surface area contributed by atoms with Gasteiger partial charge >= 0.3 is 0 Å². The molecule has 2 amide bonds. The summed E-state index contributed by atoms with van der Waals surface area (Å²) < 4.78 is 28.7. The highest BCUT2D eigenvalue weighted by molar-refractivity contribution is 7.92. The second kappa shape index (κ2) is 12.8. The van der Waals surface area contributed by atoms with Crippen molar-refractivity contribution in [2.75, 3.05) is 10.8 Å². The number of aryl methyl sites for hydroxylation is 1. The number of anilines is 1. The van der Waals surface area contributed by atoms with Gasteiger partial charge in [-0.15, -0.1) is 0 Å². The lowest BCUT2D eigenvalue weighted by Gasteiger charge is -2.33. The van der Waals surface area contributed by atoms with Gasteiger partial charge < -0.3 is 10.2 Å². The highest BCUT2D eigenvalue weighted by Gasteiger charge is 2.33. The summed E-state index contributed by atoms with van der Waals surface area (Å²) in [5.74, 6) is -1.01. The van der Waals surface area contributed by atoms with Crippen molar-refractivity contribution < 1.29 is 18.0 Å². The Hall–Kier alpha value is -2.78. The molecule has 3 aromatic rings. The third kappa shape index (κ3) is 8.13. The van der Waals surface area contributed by atoms with Crippen LogP contribution in [0.15, 0.2) is 71.6 Å². The highest BCUT2D eigenvalue weighted by atomic mass is 35.5. The number of benzene rings is 3. The van der Waals surface area contributed by atoms with Crippen molar-refractivity contribution in [2.45, 2.75) is 57.6 Å². The van der Waals surface area contributed by atoms with Gasteiger partial charge in [0, 0.05) is 27.2 Å². The Kier molecular flexibility index (Phi) is 10.2. The molecule has 214 valence electrons. The number of rotatable bonds is 9. The zero-order valence-corrected chi connectivity index (χ0v) is 26.0. The van der Waals surface area contributed by atoms with Crippen molar-refractivity contribution in [2.24, 2.45) is 0 Å². The standard InChI is InChI=1S/C29H32Cl3N3O4S/c1-19-9-13-25(14-10-19)40(38,39)35(24-8-6-7-22(30)15-24)18-27(36)34(20(2)28(37)33-29(3,4)5)17-21-11-12-23(31)16-26(21)32/h6-16,20H,17-18H2,1-5H3,(H,33,37). The third-order valence-corrected chi connectivity index (χ3v) is 8.62. The topological polar surface area (TPSA) is 86.8 Å². The second-order valence-electron chi connectivity index (χ2n) is 10.5. The largest absolute Gasteiger partial charge is 0.350 e. The molecule has 0 fully saturated rings. The lowest BCUT2D eigenvalue weighted by atomic mass is 10.1. The van der Waals surface area contributed by atoms with Crippen molar-refractivity contribution in [1.82, 2.24) is 10.2 Å². The molecule has 0 aromatic heterocycles. The zero-order chi connectivity index (χ0) is 29.8. The van der Waals surface area contributed by atoms with E-state index in [0.717, 1.165) is 9.87 Å². The molecule has 1 unspecified atom stereocenters. The van der Waals surface area contributed by atoms with E-state index in [4.69, 9.17) is 34.8 Å². The first-order valence-electron chi connectivity index (χ1n) is 12.5. The smallest absolute Gasteiger partial charge is 0.264 e. The van der Waals surface area contributed by atoms with E-state index in [0.29, 0.717) is 20.6 Å². The lowest BCUT2D eigenvalue weighted by Crippen LogP contribution is -2.54. The molecule has 3 aromatic carbocycles. The minimum Gasteiger partial charge on any atom is -0.350 e. The molecule has 1 atom stereocenters. The van der Waals surface area contributed by atoms with Crippen LogP contribution in [0, 0.1) is 6.92 Å². The average Bonchev–Trinajstić information content (AvgIpc) is 2.85. The number of sulfonamides is 1. The van der Waals surface area contributed by atoms with E-state index in [-0.39, 0.29) is 17.1 Å². The van der Waals surface area contributed by atoms with Crippen LogP contribution < -0.4 is 9.62 Å². The molecule has 1 N–H and O–H groups in total. The first-order chi connectivity index (χ1) is 18.6. The SMILES string of the molecule is Cc1ccc(S(=O)(=O)N(CC(=O)N(Cc2ccc(Cl)cc2Cl)C(C)C(=O)NC(C)(C)C)c2cccc(Cl)c2)cc1. The van der Waals surface area contributed by atoms with Gasteiger partial charge in [-0.1, -0.05) is 64.6 Å². The summed E-state index contributed by atoms with van der Waals surface area (Å²) in [4.78, 5) is 28.5. The second-order valence-corrected chi connectivity index (χ2v) is 13.6. The molecule has 7 nitrogen and oxygen atoms in total. The normalized spacial score (nSPS) is 12.5. The third-order valence-electron chi connectivity index (χ3n) is 6.01. The summed E-state index contributed by atoms with van der Waals surface area (Å²) in [7, 11) is -4.19.